The molecule has 0 aliphatic rings. The Labute approximate surface area is 136 Å². The van der Waals surface area contributed by atoms with Crippen LogP contribution in [-0.2, 0) is 0 Å². The normalized spacial score (nSPS) is 10.5. The lowest BCUT2D eigenvalue weighted by Gasteiger charge is -2.01. The quantitative estimate of drug-likeness (QED) is 0.774. The SMILES string of the molecule is Cc1nc(NC(=O)c2ccc(Cl)cc2)sc1-c1ccccn1. The lowest BCUT2D eigenvalue weighted by Crippen LogP contribution is -2.11. The molecule has 0 bridgehead atoms. The standard InChI is InChI=1S/C16H12ClN3OS/c1-10-14(13-4-2-3-9-18-13)22-16(19-10)20-15(21)11-5-7-12(17)8-6-11/h2-9H,1H3,(H,19,20,21). The summed E-state index contributed by atoms with van der Waals surface area (Å²) < 4.78 is 0. The number of hydrogen-bond donors (Lipinski definition) is 1. The number of pyridine rings is 1. The minimum atomic E-state index is -0.210. The molecule has 4 nitrogen and oxygen atoms in total. The molecule has 3 rings (SSSR count). The highest BCUT2D eigenvalue weighted by atomic mass is 35.5. The van der Waals surface area contributed by atoms with Gasteiger partial charge in [0.25, 0.3) is 5.91 Å². The summed E-state index contributed by atoms with van der Waals surface area (Å²) in [4.78, 5) is 21.8. The van der Waals surface area contributed by atoms with Crippen LogP contribution in [0.2, 0.25) is 5.02 Å². The number of carbonyl (C=O) groups excluding carboxylic acids is 1. The summed E-state index contributed by atoms with van der Waals surface area (Å²) >= 11 is 7.23. The van der Waals surface area contributed by atoms with Crippen LogP contribution in [0.1, 0.15) is 16.1 Å². The van der Waals surface area contributed by atoms with Crippen LogP contribution in [-0.4, -0.2) is 15.9 Å². The Balaban J connectivity index is 1.82. The van der Waals surface area contributed by atoms with E-state index in [-0.39, 0.29) is 5.91 Å². The number of nitrogens with one attached hydrogen (secondary N) is 1. The third-order valence-electron chi connectivity index (χ3n) is 3.02. The molecule has 0 radical (unpaired) electrons. The van der Waals surface area contributed by atoms with Crippen molar-refractivity contribution in [3.8, 4) is 10.6 Å². The highest BCUT2D eigenvalue weighted by molar-refractivity contribution is 7.19. The number of thiazole rings is 1. The van der Waals surface area contributed by atoms with Crippen LogP contribution in [0, 0.1) is 6.92 Å². The van der Waals surface area contributed by atoms with E-state index in [0.717, 1.165) is 16.3 Å². The summed E-state index contributed by atoms with van der Waals surface area (Å²) in [5, 5.41) is 3.96. The second-order valence-electron chi connectivity index (χ2n) is 4.61. The number of halogens is 1. The van der Waals surface area contributed by atoms with Crippen LogP contribution in [0.25, 0.3) is 10.6 Å². The van der Waals surface area contributed by atoms with Crippen LogP contribution >= 0.6 is 22.9 Å². The Morgan fingerprint density at radius 1 is 1.18 bits per heavy atom. The number of aromatic nitrogens is 2. The Bertz CT molecular complexity index is 800. The molecule has 0 fully saturated rings. The molecule has 0 saturated heterocycles. The molecule has 110 valence electrons. The molecule has 0 atom stereocenters. The second-order valence-corrected chi connectivity index (χ2v) is 6.05. The maximum absolute atomic E-state index is 12.2. The molecule has 2 heterocycles. The van der Waals surface area contributed by atoms with Gasteiger partial charge in [-0.05, 0) is 43.3 Å². The fraction of sp³-hybridized carbons (Fsp3) is 0.0625. The van der Waals surface area contributed by atoms with Crippen molar-refractivity contribution in [1.29, 1.82) is 0 Å². The average Bonchev–Trinajstić information content (AvgIpc) is 2.89. The van der Waals surface area contributed by atoms with Gasteiger partial charge in [0.1, 0.15) is 0 Å². The first kappa shape index (κ1) is 14.7. The number of aryl methyl sites for hydroxylation is 1. The first-order valence-corrected chi connectivity index (χ1v) is 7.78. The maximum Gasteiger partial charge on any atom is 0.257 e. The molecule has 3 aromatic rings. The Morgan fingerprint density at radius 2 is 1.95 bits per heavy atom. The van der Waals surface area contributed by atoms with E-state index in [1.54, 1.807) is 30.5 Å². The first-order chi connectivity index (χ1) is 10.6. The van der Waals surface area contributed by atoms with Crippen LogP contribution in [0.3, 0.4) is 0 Å². The average molecular weight is 330 g/mol. The predicted molar refractivity (Wildman–Crippen MR) is 89.5 cm³/mol. The lowest BCUT2D eigenvalue weighted by atomic mass is 10.2. The maximum atomic E-state index is 12.2. The molecular formula is C16H12ClN3OS. The van der Waals surface area contributed by atoms with E-state index in [2.05, 4.69) is 15.3 Å². The number of benzene rings is 1. The zero-order valence-electron chi connectivity index (χ0n) is 11.7. The molecule has 0 aliphatic heterocycles. The van der Waals surface area contributed by atoms with E-state index in [1.165, 1.54) is 11.3 Å². The molecule has 1 N–H and O–H groups in total. The summed E-state index contributed by atoms with van der Waals surface area (Å²) in [5.74, 6) is -0.210. The Hall–Kier alpha value is -2.24. The van der Waals surface area contributed by atoms with Crippen molar-refractivity contribution in [2.24, 2.45) is 0 Å². The van der Waals surface area contributed by atoms with Crippen molar-refractivity contribution >= 4 is 34.0 Å². The summed E-state index contributed by atoms with van der Waals surface area (Å²) in [6.45, 7) is 1.90. The lowest BCUT2D eigenvalue weighted by molar-refractivity contribution is 0.102. The minimum absolute atomic E-state index is 0.210. The molecular weight excluding hydrogens is 318 g/mol. The smallest absolute Gasteiger partial charge is 0.257 e. The van der Waals surface area contributed by atoms with Gasteiger partial charge in [0.2, 0.25) is 0 Å². The van der Waals surface area contributed by atoms with Crippen molar-refractivity contribution in [3.05, 3.63) is 64.9 Å². The van der Waals surface area contributed by atoms with Gasteiger partial charge in [-0.1, -0.05) is 29.0 Å². The van der Waals surface area contributed by atoms with Gasteiger partial charge in [-0.25, -0.2) is 4.98 Å². The molecule has 6 heteroatoms. The van der Waals surface area contributed by atoms with Crippen molar-refractivity contribution in [2.45, 2.75) is 6.92 Å². The minimum Gasteiger partial charge on any atom is -0.298 e. The van der Waals surface area contributed by atoms with E-state index < -0.39 is 0 Å². The number of hydrogen-bond acceptors (Lipinski definition) is 4. The van der Waals surface area contributed by atoms with Crippen molar-refractivity contribution < 1.29 is 4.79 Å². The fourth-order valence-electron chi connectivity index (χ4n) is 1.96. The van der Waals surface area contributed by atoms with Gasteiger partial charge in [-0.3, -0.25) is 15.1 Å². The van der Waals surface area contributed by atoms with Gasteiger partial charge in [0.15, 0.2) is 5.13 Å². The Morgan fingerprint density at radius 3 is 2.64 bits per heavy atom. The molecule has 22 heavy (non-hydrogen) atoms. The molecule has 0 unspecified atom stereocenters. The van der Waals surface area contributed by atoms with E-state index in [9.17, 15) is 4.79 Å². The van der Waals surface area contributed by atoms with Gasteiger partial charge < -0.3 is 0 Å². The van der Waals surface area contributed by atoms with E-state index in [1.807, 2.05) is 25.1 Å². The van der Waals surface area contributed by atoms with Crippen molar-refractivity contribution in [1.82, 2.24) is 9.97 Å². The summed E-state index contributed by atoms with van der Waals surface area (Å²) in [6.07, 6.45) is 1.74. The van der Waals surface area contributed by atoms with Gasteiger partial charge in [-0.2, -0.15) is 0 Å². The number of carbonyl (C=O) groups is 1. The summed E-state index contributed by atoms with van der Waals surface area (Å²) in [6, 6.07) is 12.4. The number of rotatable bonds is 3. The van der Waals surface area contributed by atoms with Crippen molar-refractivity contribution in [2.75, 3.05) is 5.32 Å². The number of amides is 1. The highest BCUT2D eigenvalue weighted by Crippen LogP contribution is 2.31. The van der Waals surface area contributed by atoms with Gasteiger partial charge in [0, 0.05) is 16.8 Å². The van der Waals surface area contributed by atoms with Crippen LogP contribution in [0.4, 0.5) is 5.13 Å². The molecule has 1 aromatic carbocycles. The molecule has 1 amide bonds. The second kappa shape index (κ2) is 6.25. The van der Waals surface area contributed by atoms with Gasteiger partial charge in [0.05, 0.1) is 16.3 Å². The van der Waals surface area contributed by atoms with Crippen LogP contribution in [0.15, 0.2) is 48.7 Å². The number of anilines is 1. The Kier molecular flexibility index (Phi) is 4.18. The van der Waals surface area contributed by atoms with Crippen LogP contribution in [0.5, 0.6) is 0 Å². The highest BCUT2D eigenvalue weighted by Gasteiger charge is 2.13. The van der Waals surface area contributed by atoms with Gasteiger partial charge in [-0.15, -0.1) is 0 Å². The van der Waals surface area contributed by atoms with Crippen LogP contribution < -0.4 is 5.32 Å². The van der Waals surface area contributed by atoms with Gasteiger partial charge >= 0.3 is 0 Å². The molecule has 0 aliphatic carbocycles. The number of nitrogens with zero attached hydrogens (tertiary/aromatic N) is 2. The fourth-order valence-corrected chi connectivity index (χ4v) is 3.02. The molecule has 0 saturated carbocycles. The monoisotopic (exact) mass is 329 g/mol. The summed E-state index contributed by atoms with van der Waals surface area (Å²) in [7, 11) is 0. The zero-order valence-corrected chi connectivity index (χ0v) is 13.3. The van der Waals surface area contributed by atoms with Crippen molar-refractivity contribution in [3.63, 3.8) is 0 Å². The van der Waals surface area contributed by atoms with E-state index in [4.69, 9.17) is 11.6 Å². The molecule has 0 spiro atoms. The predicted octanol–water partition coefficient (Wildman–Crippen LogP) is 4.42. The molecule has 2 aromatic heterocycles. The first-order valence-electron chi connectivity index (χ1n) is 6.59. The van der Waals surface area contributed by atoms with E-state index >= 15 is 0 Å². The largest absolute Gasteiger partial charge is 0.298 e. The summed E-state index contributed by atoms with van der Waals surface area (Å²) in [5.41, 5.74) is 2.23. The zero-order chi connectivity index (χ0) is 15.5. The third-order valence-corrected chi connectivity index (χ3v) is 4.37. The van der Waals surface area contributed by atoms with E-state index in [0.29, 0.717) is 15.7 Å². The topological polar surface area (TPSA) is 54.9 Å². The third kappa shape index (κ3) is 3.16.